The van der Waals surface area contributed by atoms with Crippen molar-refractivity contribution >= 4 is 8.56 Å². The number of rotatable bonds is 8. The Morgan fingerprint density at radius 2 is 1.71 bits per heavy atom. The second-order valence-corrected chi connectivity index (χ2v) is 7.03. The highest BCUT2D eigenvalue weighted by Gasteiger charge is 2.29. The zero-order valence-electron chi connectivity index (χ0n) is 11.2. The standard InChI is InChI=1S/C10H25NO2Si/c1-6-12-14(5,13-7-2)10-8-9-11(3)4/h6-10H2,1-5H3/i9D. The molecular weight excluding hydrogens is 194 g/mol. The van der Waals surface area contributed by atoms with E-state index in [9.17, 15) is 0 Å². The molecule has 0 aromatic rings. The van der Waals surface area contributed by atoms with E-state index in [1.54, 1.807) is 0 Å². The van der Waals surface area contributed by atoms with Gasteiger partial charge in [0.05, 0.1) is 0 Å². The Balaban J connectivity index is 4.05. The molecule has 0 saturated heterocycles. The van der Waals surface area contributed by atoms with E-state index in [-0.39, 0.29) is 6.52 Å². The predicted molar refractivity (Wildman–Crippen MR) is 62.8 cm³/mol. The third-order valence-corrected chi connectivity index (χ3v) is 4.99. The summed E-state index contributed by atoms with van der Waals surface area (Å²) in [4.78, 5) is 1.91. The Hall–Kier alpha value is 0.0969. The van der Waals surface area contributed by atoms with Crippen LogP contribution in [0.3, 0.4) is 0 Å². The molecule has 0 bridgehead atoms. The fourth-order valence-corrected chi connectivity index (χ4v) is 3.63. The average Bonchev–Trinajstić information content (AvgIpc) is 2.15. The van der Waals surface area contributed by atoms with Gasteiger partial charge in [0, 0.05) is 14.6 Å². The highest BCUT2D eigenvalue weighted by atomic mass is 28.4. The van der Waals surface area contributed by atoms with E-state index < -0.39 is 8.56 Å². The summed E-state index contributed by atoms with van der Waals surface area (Å²) in [6.07, 6.45) is 0.815. The summed E-state index contributed by atoms with van der Waals surface area (Å²) >= 11 is 0. The van der Waals surface area contributed by atoms with Crippen LogP contribution in [0.5, 0.6) is 0 Å². The van der Waals surface area contributed by atoms with Crippen LogP contribution < -0.4 is 0 Å². The van der Waals surface area contributed by atoms with E-state index in [0.717, 1.165) is 12.5 Å². The Labute approximate surface area is 91.0 Å². The third-order valence-electron chi connectivity index (χ3n) is 1.99. The van der Waals surface area contributed by atoms with E-state index in [0.29, 0.717) is 13.2 Å². The minimum Gasteiger partial charge on any atom is -0.395 e. The lowest BCUT2D eigenvalue weighted by molar-refractivity contribution is 0.187. The normalized spacial score (nSPS) is 15.7. The van der Waals surface area contributed by atoms with Crippen LogP contribution in [-0.4, -0.2) is 47.3 Å². The Morgan fingerprint density at radius 3 is 2.07 bits per heavy atom. The second-order valence-electron chi connectivity index (χ2n) is 3.68. The van der Waals surface area contributed by atoms with E-state index >= 15 is 0 Å². The van der Waals surface area contributed by atoms with Gasteiger partial charge >= 0.3 is 8.56 Å². The highest BCUT2D eigenvalue weighted by molar-refractivity contribution is 6.66. The molecule has 4 heteroatoms. The van der Waals surface area contributed by atoms with E-state index in [4.69, 9.17) is 10.2 Å². The van der Waals surface area contributed by atoms with E-state index in [1.807, 2.05) is 32.8 Å². The molecule has 3 nitrogen and oxygen atoms in total. The SMILES string of the molecule is [2H]C(CC[Si](C)(OCC)OCC)N(C)C. The molecule has 0 saturated carbocycles. The van der Waals surface area contributed by atoms with Gasteiger partial charge in [0.25, 0.3) is 0 Å². The average molecular weight is 220 g/mol. The van der Waals surface area contributed by atoms with Gasteiger partial charge in [-0.1, -0.05) is 0 Å². The van der Waals surface area contributed by atoms with Crippen LogP contribution in [0.1, 0.15) is 21.6 Å². The molecule has 0 N–H and O–H groups in total. The van der Waals surface area contributed by atoms with Crippen molar-refractivity contribution in [3.63, 3.8) is 0 Å². The fraction of sp³-hybridized carbons (Fsp3) is 1.00. The van der Waals surface area contributed by atoms with Gasteiger partial charge in [-0.15, -0.1) is 0 Å². The van der Waals surface area contributed by atoms with Crippen molar-refractivity contribution in [1.82, 2.24) is 4.90 Å². The molecule has 0 aliphatic carbocycles. The summed E-state index contributed by atoms with van der Waals surface area (Å²) in [5.74, 6) is 0. The Morgan fingerprint density at radius 1 is 1.21 bits per heavy atom. The summed E-state index contributed by atoms with van der Waals surface area (Å²) in [6.45, 7) is 7.32. The minimum atomic E-state index is -2.00. The Bertz CT molecular complexity index is 164. The first-order chi connectivity index (χ1) is 6.95. The maximum atomic E-state index is 7.81. The van der Waals surface area contributed by atoms with Crippen LogP contribution in [0.15, 0.2) is 0 Å². The lowest BCUT2D eigenvalue weighted by atomic mass is 10.5. The number of hydrogen-bond donors (Lipinski definition) is 0. The molecule has 0 radical (unpaired) electrons. The van der Waals surface area contributed by atoms with Gasteiger partial charge in [0.1, 0.15) is 0 Å². The van der Waals surface area contributed by atoms with Crippen LogP contribution in [0.25, 0.3) is 0 Å². The van der Waals surface area contributed by atoms with Crippen LogP contribution in [0.4, 0.5) is 0 Å². The molecular formula is C10H25NO2Si. The van der Waals surface area contributed by atoms with Gasteiger partial charge in [-0.25, -0.2) is 0 Å². The molecule has 0 fully saturated rings. The third kappa shape index (κ3) is 6.54. The minimum absolute atomic E-state index is 0.155. The summed E-state index contributed by atoms with van der Waals surface area (Å²) < 4.78 is 19.2. The largest absolute Gasteiger partial charge is 0.395 e. The molecule has 1 unspecified atom stereocenters. The fourth-order valence-electron chi connectivity index (χ4n) is 1.38. The number of nitrogens with zero attached hydrogens (tertiary/aromatic N) is 1. The zero-order valence-corrected chi connectivity index (χ0v) is 11.2. The van der Waals surface area contributed by atoms with Crippen molar-refractivity contribution in [1.29, 1.82) is 0 Å². The summed E-state index contributed by atoms with van der Waals surface area (Å²) in [5, 5.41) is 0. The van der Waals surface area contributed by atoms with Crippen LogP contribution in [-0.2, 0) is 8.85 Å². The van der Waals surface area contributed by atoms with Gasteiger partial charge in [-0.3, -0.25) is 0 Å². The predicted octanol–water partition coefficient (Wildman–Crippen LogP) is 2.08. The first kappa shape index (κ1) is 12.2. The molecule has 86 valence electrons. The van der Waals surface area contributed by atoms with Crippen LogP contribution in [0.2, 0.25) is 12.6 Å². The Kier molecular flexibility index (Phi) is 6.43. The van der Waals surface area contributed by atoms with E-state index in [2.05, 4.69) is 6.55 Å². The van der Waals surface area contributed by atoms with Crippen molar-refractivity contribution in [2.75, 3.05) is 33.8 Å². The molecule has 0 heterocycles. The molecule has 0 amide bonds. The van der Waals surface area contributed by atoms with Crippen LogP contribution >= 0.6 is 0 Å². The van der Waals surface area contributed by atoms with Crippen molar-refractivity contribution < 1.29 is 10.2 Å². The van der Waals surface area contributed by atoms with E-state index in [1.165, 1.54) is 0 Å². The monoisotopic (exact) mass is 220 g/mol. The first-order valence-corrected chi connectivity index (χ1v) is 7.84. The summed E-state index contributed by atoms with van der Waals surface area (Å²) in [6, 6.07) is 0.890. The van der Waals surface area contributed by atoms with Crippen molar-refractivity contribution in [3.8, 4) is 0 Å². The van der Waals surface area contributed by atoms with Gasteiger partial charge < -0.3 is 13.8 Å². The van der Waals surface area contributed by atoms with Crippen molar-refractivity contribution in [2.45, 2.75) is 32.9 Å². The molecule has 0 aromatic heterocycles. The molecule has 14 heavy (non-hydrogen) atoms. The van der Waals surface area contributed by atoms with Gasteiger partial charge in [-0.2, -0.15) is 0 Å². The molecule has 0 aliphatic rings. The van der Waals surface area contributed by atoms with Crippen molar-refractivity contribution in [2.24, 2.45) is 0 Å². The lowest BCUT2D eigenvalue weighted by Crippen LogP contribution is -2.39. The molecule has 0 spiro atoms. The summed E-state index contributed by atoms with van der Waals surface area (Å²) in [7, 11) is 1.85. The zero-order chi connectivity index (χ0) is 11.9. The smallest absolute Gasteiger partial charge is 0.334 e. The molecule has 0 aliphatic heterocycles. The molecule has 0 rings (SSSR count). The maximum Gasteiger partial charge on any atom is 0.334 e. The second kappa shape index (κ2) is 7.40. The topological polar surface area (TPSA) is 21.7 Å². The maximum absolute atomic E-state index is 7.81. The van der Waals surface area contributed by atoms with Crippen molar-refractivity contribution in [3.05, 3.63) is 0 Å². The number of hydrogen-bond acceptors (Lipinski definition) is 3. The summed E-state index contributed by atoms with van der Waals surface area (Å²) in [5.41, 5.74) is 0. The van der Waals surface area contributed by atoms with Crippen LogP contribution in [0, 0.1) is 0 Å². The molecule has 1 atom stereocenters. The molecule has 0 aromatic carbocycles. The first-order valence-electron chi connectivity index (χ1n) is 5.89. The van der Waals surface area contributed by atoms with Gasteiger partial charge in [0.2, 0.25) is 0 Å². The highest BCUT2D eigenvalue weighted by Crippen LogP contribution is 2.15. The lowest BCUT2D eigenvalue weighted by Gasteiger charge is -2.26. The van der Waals surface area contributed by atoms with Gasteiger partial charge in [0.15, 0.2) is 0 Å². The van der Waals surface area contributed by atoms with Gasteiger partial charge in [-0.05, 0) is 53.5 Å². The quantitative estimate of drug-likeness (QED) is 0.585.